The molecule has 0 saturated carbocycles. The number of aryl methyl sites for hydroxylation is 4. The number of unbranched alkanes of at least 4 members (excludes halogenated alkanes) is 2. The van der Waals surface area contributed by atoms with Crippen molar-refractivity contribution >= 4 is 55.7 Å². The van der Waals surface area contributed by atoms with Crippen LogP contribution in [0.5, 0.6) is 11.5 Å². The lowest BCUT2D eigenvalue weighted by Crippen LogP contribution is -2.15. The second-order valence-corrected chi connectivity index (χ2v) is 14.5. The van der Waals surface area contributed by atoms with Crippen LogP contribution in [0.2, 0.25) is 0 Å². The van der Waals surface area contributed by atoms with Crippen LogP contribution in [0.15, 0.2) is 133 Å². The van der Waals surface area contributed by atoms with Crippen LogP contribution in [0, 0.1) is 27.7 Å². The predicted molar refractivity (Wildman–Crippen MR) is 231 cm³/mol. The highest BCUT2D eigenvalue weighted by atomic mass is 16.5. The van der Waals surface area contributed by atoms with E-state index in [4.69, 9.17) is 9.47 Å². The number of hydrogen-bond acceptors (Lipinski definition) is 4. The van der Waals surface area contributed by atoms with E-state index in [1.54, 1.807) is 0 Å². The first kappa shape index (κ1) is 36.6. The molecule has 0 radical (unpaired) electrons. The summed E-state index contributed by atoms with van der Waals surface area (Å²) in [5.74, 6) is 1.78. The highest BCUT2D eigenvalue weighted by Crippen LogP contribution is 2.51. The molecular formula is C50H52N2O2. The molecule has 0 amide bonds. The topological polar surface area (TPSA) is 24.9 Å². The van der Waals surface area contributed by atoms with Gasteiger partial charge in [0.05, 0.1) is 24.6 Å². The van der Waals surface area contributed by atoms with Crippen LogP contribution in [0.1, 0.15) is 61.8 Å². The molecule has 0 aliphatic rings. The highest BCUT2D eigenvalue weighted by molar-refractivity contribution is 6.23. The summed E-state index contributed by atoms with van der Waals surface area (Å²) in [7, 11) is 0. The normalized spacial score (nSPS) is 11.2. The van der Waals surface area contributed by atoms with Gasteiger partial charge < -0.3 is 19.3 Å². The van der Waals surface area contributed by atoms with E-state index in [-0.39, 0.29) is 0 Å². The molecular weight excluding hydrogens is 661 g/mol. The number of benzene rings is 7. The van der Waals surface area contributed by atoms with Gasteiger partial charge in [-0.15, -0.1) is 0 Å². The molecule has 0 fully saturated rings. The monoisotopic (exact) mass is 712 g/mol. The molecule has 0 aromatic heterocycles. The molecule has 0 saturated heterocycles. The van der Waals surface area contributed by atoms with Crippen LogP contribution in [-0.4, -0.2) is 13.2 Å². The van der Waals surface area contributed by atoms with Crippen LogP contribution in [-0.2, 0) is 0 Å². The fourth-order valence-corrected chi connectivity index (χ4v) is 7.15. The molecule has 274 valence electrons. The van der Waals surface area contributed by atoms with Crippen LogP contribution < -0.4 is 19.3 Å². The SMILES string of the molecule is CCCCOc1ccc(N(c2ccc(C)cc2)c2c3ccc(C)cc3c(N(c3ccc(C)cc3)c3ccc(OCCCC)cc3)c3ccc(C)cc23)cc1. The number of fused-ring (bicyclic) bond motifs is 2. The molecule has 0 spiro atoms. The summed E-state index contributed by atoms with van der Waals surface area (Å²) in [6, 6.07) is 48.8. The average molecular weight is 713 g/mol. The Balaban J connectivity index is 1.51. The van der Waals surface area contributed by atoms with E-state index in [1.165, 1.54) is 43.8 Å². The maximum Gasteiger partial charge on any atom is 0.119 e. The van der Waals surface area contributed by atoms with Crippen molar-refractivity contribution in [3.8, 4) is 11.5 Å². The van der Waals surface area contributed by atoms with Gasteiger partial charge in [0.2, 0.25) is 0 Å². The van der Waals surface area contributed by atoms with Crippen LogP contribution >= 0.6 is 0 Å². The van der Waals surface area contributed by atoms with Crippen LogP contribution in [0.25, 0.3) is 21.5 Å². The number of ether oxygens (including phenoxy) is 2. The van der Waals surface area contributed by atoms with Crippen LogP contribution in [0.4, 0.5) is 34.1 Å². The van der Waals surface area contributed by atoms with Crippen molar-refractivity contribution < 1.29 is 9.47 Å². The van der Waals surface area contributed by atoms with Gasteiger partial charge in [-0.2, -0.15) is 0 Å². The first-order valence-corrected chi connectivity index (χ1v) is 19.5. The molecule has 0 heterocycles. The van der Waals surface area contributed by atoms with Gasteiger partial charge in [0.1, 0.15) is 11.5 Å². The van der Waals surface area contributed by atoms with E-state index >= 15 is 0 Å². The highest BCUT2D eigenvalue weighted by Gasteiger charge is 2.26. The van der Waals surface area contributed by atoms with Gasteiger partial charge in [0, 0.05) is 44.3 Å². The largest absolute Gasteiger partial charge is 0.494 e. The summed E-state index contributed by atoms with van der Waals surface area (Å²) >= 11 is 0. The molecule has 4 heteroatoms. The number of anilines is 6. The number of nitrogens with zero attached hydrogens (tertiary/aromatic N) is 2. The van der Waals surface area contributed by atoms with Gasteiger partial charge in [-0.25, -0.2) is 0 Å². The number of rotatable bonds is 14. The smallest absolute Gasteiger partial charge is 0.119 e. The lowest BCUT2D eigenvalue weighted by molar-refractivity contribution is 0.309. The predicted octanol–water partition coefficient (Wildman–Crippen LogP) is 14.5. The van der Waals surface area contributed by atoms with E-state index in [0.717, 1.165) is 84.5 Å². The molecule has 4 nitrogen and oxygen atoms in total. The third-order valence-corrected chi connectivity index (χ3v) is 10.1. The molecule has 0 N–H and O–H groups in total. The standard InChI is InChI=1S/C50H52N2O2/c1-7-9-31-53-43-25-21-41(22-26-43)51(39-17-11-35(3)12-18-39)49-45-29-15-38(6)34-48(45)50(46-30-16-37(5)33-47(46)49)52(40-19-13-36(4)14-20-40)42-23-27-44(28-24-42)54-32-10-8-2/h11-30,33-34H,7-10,31-32H2,1-6H3. The van der Waals surface area contributed by atoms with Crippen molar-refractivity contribution in [2.24, 2.45) is 0 Å². The Morgan fingerprint density at radius 3 is 1.02 bits per heavy atom. The Kier molecular flexibility index (Phi) is 11.2. The fraction of sp³-hybridized carbons (Fsp3) is 0.240. The minimum atomic E-state index is 0.721. The van der Waals surface area contributed by atoms with E-state index in [0.29, 0.717) is 0 Å². The Hall–Kier alpha value is -5.74. The average Bonchev–Trinajstić information content (AvgIpc) is 3.18. The van der Waals surface area contributed by atoms with Crippen molar-refractivity contribution in [3.05, 3.63) is 156 Å². The zero-order chi connectivity index (χ0) is 37.6. The second-order valence-electron chi connectivity index (χ2n) is 14.5. The molecule has 7 aromatic carbocycles. The zero-order valence-electron chi connectivity index (χ0n) is 32.7. The minimum absolute atomic E-state index is 0.721. The first-order valence-electron chi connectivity index (χ1n) is 19.5. The second kappa shape index (κ2) is 16.5. The summed E-state index contributed by atoms with van der Waals surface area (Å²) in [5.41, 5.74) is 11.5. The van der Waals surface area contributed by atoms with Gasteiger partial charge in [-0.3, -0.25) is 0 Å². The minimum Gasteiger partial charge on any atom is -0.494 e. The summed E-state index contributed by atoms with van der Waals surface area (Å²) in [5, 5.41) is 4.71. The zero-order valence-corrected chi connectivity index (χ0v) is 32.7. The summed E-state index contributed by atoms with van der Waals surface area (Å²) in [4.78, 5) is 4.86. The maximum atomic E-state index is 6.11. The van der Waals surface area contributed by atoms with Crippen molar-refractivity contribution in [2.45, 2.75) is 67.2 Å². The van der Waals surface area contributed by atoms with E-state index in [1.807, 2.05) is 0 Å². The van der Waals surface area contributed by atoms with Gasteiger partial charge in [-0.05, 0) is 125 Å². The molecule has 0 aliphatic carbocycles. The quantitative estimate of drug-likeness (QED) is 0.0637. The summed E-state index contributed by atoms with van der Waals surface area (Å²) in [6.07, 6.45) is 4.29. The number of hydrogen-bond donors (Lipinski definition) is 0. The van der Waals surface area contributed by atoms with E-state index in [2.05, 4.69) is 185 Å². The molecule has 0 aliphatic heterocycles. The van der Waals surface area contributed by atoms with E-state index < -0.39 is 0 Å². The molecule has 54 heavy (non-hydrogen) atoms. The summed E-state index contributed by atoms with van der Waals surface area (Å²) < 4.78 is 12.2. The Morgan fingerprint density at radius 1 is 0.370 bits per heavy atom. The third kappa shape index (κ3) is 7.79. The fourth-order valence-electron chi connectivity index (χ4n) is 7.15. The van der Waals surface area contributed by atoms with E-state index in [9.17, 15) is 0 Å². The Labute approximate surface area is 321 Å². The van der Waals surface area contributed by atoms with Gasteiger partial charge in [-0.1, -0.05) is 97.5 Å². The third-order valence-electron chi connectivity index (χ3n) is 10.1. The Bertz CT molecular complexity index is 2160. The summed E-state index contributed by atoms with van der Waals surface area (Å²) in [6.45, 7) is 14.5. The lowest BCUT2D eigenvalue weighted by Gasteiger charge is -2.33. The molecule has 0 atom stereocenters. The molecule has 0 bridgehead atoms. The molecule has 7 aromatic rings. The maximum absolute atomic E-state index is 6.11. The van der Waals surface area contributed by atoms with Crippen molar-refractivity contribution in [3.63, 3.8) is 0 Å². The van der Waals surface area contributed by atoms with Crippen molar-refractivity contribution in [1.82, 2.24) is 0 Å². The molecule has 0 unspecified atom stereocenters. The lowest BCUT2D eigenvalue weighted by atomic mass is 9.93. The van der Waals surface area contributed by atoms with Gasteiger partial charge >= 0.3 is 0 Å². The van der Waals surface area contributed by atoms with Gasteiger partial charge in [0.15, 0.2) is 0 Å². The van der Waals surface area contributed by atoms with Gasteiger partial charge in [0.25, 0.3) is 0 Å². The first-order chi connectivity index (χ1) is 26.3. The Morgan fingerprint density at radius 2 is 0.685 bits per heavy atom. The van der Waals surface area contributed by atoms with Crippen LogP contribution in [0.3, 0.4) is 0 Å². The molecule has 7 rings (SSSR count). The van der Waals surface area contributed by atoms with Crippen molar-refractivity contribution in [2.75, 3.05) is 23.0 Å². The van der Waals surface area contributed by atoms with Crippen molar-refractivity contribution in [1.29, 1.82) is 0 Å².